The number of nitrogens with zero attached hydrogens (tertiary/aromatic N) is 1. The second kappa shape index (κ2) is 23.6. The maximum atomic E-state index is 12.6. The highest BCUT2D eigenvalue weighted by Crippen LogP contribution is 2.14. The molecule has 0 aliphatic rings. The van der Waals surface area contributed by atoms with Gasteiger partial charge in [-0.05, 0) is 42.8 Å². The van der Waals surface area contributed by atoms with E-state index in [4.69, 9.17) is 29.8 Å². The quantitative estimate of drug-likeness (QED) is 0.0277. The Hall–Kier alpha value is -6.41. The fourth-order valence-electron chi connectivity index (χ4n) is 4.92. The molecular weight excluding hydrogens is 768 g/mol. The number of carbonyl (C=O) groups is 5. The van der Waals surface area contributed by atoms with Crippen molar-refractivity contribution >= 4 is 29.7 Å². The van der Waals surface area contributed by atoms with Crippen molar-refractivity contribution in [1.29, 1.82) is 0 Å². The summed E-state index contributed by atoms with van der Waals surface area (Å²) in [4.78, 5) is 86.2. The van der Waals surface area contributed by atoms with E-state index in [1.54, 1.807) is 12.1 Å². The van der Waals surface area contributed by atoms with E-state index in [9.17, 15) is 48.9 Å². The Labute approximate surface area is 330 Å². The average molecular weight is 813 g/mol. The molecule has 21 nitrogen and oxygen atoms in total. The third-order valence-electron chi connectivity index (χ3n) is 7.83. The minimum Gasteiger partial charge on any atom is -0.489 e. The Morgan fingerprint density at radius 2 is 1.57 bits per heavy atom. The molecule has 0 bridgehead atoms. The molecule has 21 heteroatoms. The van der Waals surface area contributed by atoms with E-state index in [0.29, 0.717) is 5.75 Å². The van der Waals surface area contributed by atoms with Crippen LogP contribution in [0.1, 0.15) is 53.4 Å². The second-order valence-corrected chi connectivity index (χ2v) is 12.1. The van der Waals surface area contributed by atoms with Gasteiger partial charge in [0.25, 0.3) is 17.4 Å². The molecule has 3 aromatic rings. The Morgan fingerprint density at radius 1 is 0.914 bits per heavy atom. The topological polar surface area (TPSA) is 320 Å². The number of carbonyl (C=O) groups excluding carboxylic acids is 3. The van der Waals surface area contributed by atoms with Gasteiger partial charge in [-0.2, -0.15) is 0 Å². The number of amides is 3. The van der Waals surface area contributed by atoms with Crippen LogP contribution in [0.5, 0.6) is 5.75 Å². The molecule has 0 aliphatic carbocycles. The first-order valence-electron chi connectivity index (χ1n) is 17.5. The van der Waals surface area contributed by atoms with Gasteiger partial charge >= 0.3 is 17.6 Å². The highest BCUT2D eigenvalue weighted by Gasteiger charge is 2.20. The summed E-state index contributed by atoms with van der Waals surface area (Å²) in [6.07, 6.45) is -1.46. The molecule has 3 rings (SSSR count). The SMILES string of the molecule is COC(CCO)C(O)Cn1cc(C#CCNC(=O)COCCOC(N)COc2cccc(C(=O)NCCNC(=O)c3cc(C(=O)O)cc(C(=O)O)c3)c2)c(=O)[nH]c1=O. The number of methoxy groups -OCH3 is 1. The number of nitrogens with two attached hydrogens (primary N) is 1. The number of aromatic amines is 1. The number of aromatic nitrogens is 2. The van der Waals surface area contributed by atoms with E-state index < -0.39 is 59.3 Å². The fraction of sp³-hybridized carbons (Fsp3) is 0.378. The molecule has 10 N–H and O–H groups in total. The van der Waals surface area contributed by atoms with Crippen molar-refractivity contribution in [3.05, 3.63) is 97.3 Å². The fourth-order valence-corrected chi connectivity index (χ4v) is 4.92. The zero-order valence-corrected chi connectivity index (χ0v) is 31.2. The van der Waals surface area contributed by atoms with Gasteiger partial charge in [0.05, 0.1) is 49.6 Å². The summed E-state index contributed by atoms with van der Waals surface area (Å²) in [6.45, 7) is -1.05. The van der Waals surface area contributed by atoms with Gasteiger partial charge in [0, 0.05) is 44.1 Å². The average Bonchev–Trinajstić information content (AvgIpc) is 3.20. The van der Waals surface area contributed by atoms with E-state index >= 15 is 0 Å². The molecule has 312 valence electrons. The highest BCUT2D eigenvalue weighted by atomic mass is 16.6. The zero-order chi connectivity index (χ0) is 42.6. The van der Waals surface area contributed by atoms with Crippen molar-refractivity contribution in [3.8, 4) is 17.6 Å². The van der Waals surface area contributed by atoms with Gasteiger partial charge in [0.2, 0.25) is 5.91 Å². The van der Waals surface area contributed by atoms with Crippen LogP contribution in [0, 0.1) is 11.8 Å². The Kier molecular flexibility index (Phi) is 18.7. The number of nitrogens with one attached hydrogen (secondary N) is 4. The van der Waals surface area contributed by atoms with Crippen molar-refractivity contribution < 1.29 is 63.3 Å². The van der Waals surface area contributed by atoms with Crippen LogP contribution in [0.2, 0.25) is 0 Å². The maximum absolute atomic E-state index is 12.6. The van der Waals surface area contributed by atoms with Gasteiger partial charge in [-0.3, -0.25) is 28.7 Å². The van der Waals surface area contributed by atoms with E-state index in [0.717, 1.165) is 22.8 Å². The van der Waals surface area contributed by atoms with Gasteiger partial charge in [0.15, 0.2) is 0 Å². The highest BCUT2D eigenvalue weighted by molar-refractivity contribution is 6.01. The largest absolute Gasteiger partial charge is 0.489 e. The van der Waals surface area contributed by atoms with Crippen LogP contribution in [0.4, 0.5) is 0 Å². The maximum Gasteiger partial charge on any atom is 0.335 e. The van der Waals surface area contributed by atoms with Crippen LogP contribution >= 0.6 is 0 Å². The van der Waals surface area contributed by atoms with Gasteiger partial charge in [-0.25, -0.2) is 14.4 Å². The van der Waals surface area contributed by atoms with Gasteiger partial charge in [0.1, 0.15) is 30.8 Å². The lowest BCUT2D eigenvalue weighted by atomic mass is 10.1. The Bertz CT molecular complexity index is 2060. The summed E-state index contributed by atoms with van der Waals surface area (Å²) in [5.74, 6) is 0.953. The van der Waals surface area contributed by atoms with Crippen molar-refractivity contribution in [1.82, 2.24) is 25.5 Å². The van der Waals surface area contributed by atoms with Crippen molar-refractivity contribution in [2.45, 2.75) is 31.4 Å². The first-order valence-corrected chi connectivity index (χ1v) is 17.5. The predicted molar refractivity (Wildman–Crippen MR) is 201 cm³/mol. The summed E-state index contributed by atoms with van der Waals surface area (Å²) >= 11 is 0. The van der Waals surface area contributed by atoms with Crippen LogP contribution in [0.3, 0.4) is 0 Å². The number of ether oxygens (including phenoxy) is 4. The lowest BCUT2D eigenvalue weighted by Crippen LogP contribution is -2.39. The van der Waals surface area contributed by atoms with Gasteiger partial charge in [-0.15, -0.1) is 0 Å². The van der Waals surface area contributed by atoms with Crippen LogP contribution in [0.15, 0.2) is 58.3 Å². The molecule has 3 unspecified atom stereocenters. The molecule has 0 radical (unpaired) electrons. The van der Waals surface area contributed by atoms with Crippen LogP contribution in [-0.4, -0.2) is 138 Å². The molecule has 3 amide bonds. The monoisotopic (exact) mass is 812 g/mol. The molecule has 0 saturated heterocycles. The number of hydrogen-bond donors (Lipinski definition) is 9. The van der Waals surface area contributed by atoms with E-state index in [-0.39, 0.29) is 93.5 Å². The summed E-state index contributed by atoms with van der Waals surface area (Å²) in [6, 6.07) is 9.17. The van der Waals surface area contributed by atoms with Crippen molar-refractivity contribution in [3.63, 3.8) is 0 Å². The van der Waals surface area contributed by atoms with Crippen molar-refractivity contribution in [2.24, 2.45) is 5.73 Å². The van der Waals surface area contributed by atoms with Gasteiger partial charge in [-0.1, -0.05) is 17.9 Å². The van der Waals surface area contributed by atoms with Crippen LogP contribution in [-0.2, 0) is 25.5 Å². The molecular formula is C37H44N6O15. The normalized spacial score (nSPS) is 12.3. The summed E-state index contributed by atoms with van der Waals surface area (Å²) < 4.78 is 22.5. The number of aliphatic hydroxyl groups excluding tert-OH is 2. The van der Waals surface area contributed by atoms with Crippen LogP contribution < -0.4 is 37.7 Å². The lowest BCUT2D eigenvalue weighted by molar-refractivity contribution is -0.126. The number of carboxylic acid groups (broad SMARTS) is 2. The first kappa shape index (κ1) is 46.0. The summed E-state index contributed by atoms with van der Waals surface area (Å²) in [5.41, 5.74) is 3.68. The van der Waals surface area contributed by atoms with Gasteiger partial charge < -0.3 is 61.1 Å². The third-order valence-corrected chi connectivity index (χ3v) is 7.83. The minimum atomic E-state index is -1.40. The zero-order valence-electron chi connectivity index (χ0n) is 31.2. The summed E-state index contributed by atoms with van der Waals surface area (Å²) in [7, 11) is 1.35. The Balaban J connectivity index is 1.32. The van der Waals surface area contributed by atoms with E-state index in [1.165, 1.54) is 25.4 Å². The van der Waals surface area contributed by atoms with E-state index in [2.05, 4.69) is 32.8 Å². The number of H-pyrrole nitrogens is 1. The van der Waals surface area contributed by atoms with Crippen LogP contribution in [0.25, 0.3) is 0 Å². The number of aliphatic hydroxyl groups is 2. The van der Waals surface area contributed by atoms with E-state index in [1.807, 2.05) is 0 Å². The minimum absolute atomic E-state index is 0.00398. The molecule has 0 saturated carbocycles. The second-order valence-electron chi connectivity index (χ2n) is 12.1. The lowest BCUT2D eigenvalue weighted by Gasteiger charge is -2.21. The molecule has 0 fully saturated rings. The molecule has 3 atom stereocenters. The number of aromatic carboxylic acids is 2. The molecule has 0 aliphatic heterocycles. The molecule has 1 aromatic heterocycles. The standard InChI is InChI=1S/C37H44N6O15/c1-55-29(7-11-44)28(45)19-43-18-23(34(49)42-37(43)54)5-3-8-39-31(46)21-56-12-13-57-30(38)20-58-27-6-2-4-22(17-27)32(47)40-9-10-41-33(48)24-14-25(35(50)51)16-26(15-24)36(52)53/h2,4,6,14-18,28-30,44-45H,7-13,19-21,38H2,1H3,(H,39,46)(H,40,47)(H,41,48)(H,50,51)(H,52,53)(H,42,49,54). The third kappa shape index (κ3) is 15.3. The number of benzene rings is 2. The summed E-state index contributed by atoms with van der Waals surface area (Å²) in [5, 5.41) is 45.4. The molecule has 1 heterocycles. The molecule has 0 spiro atoms. The number of rotatable bonds is 23. The Morgan fingerprint density at radius 3 is 2.21 bits per heavy atom. The predicted octanol–water partition coefficient (Wildman–Crippen LogP) is -2.28. The number of carboxylic acids is 2. The molecule has 58 heavy (non-hydrogen) atoms. The number of hydrogen-bond acceptors (Lipinski definition) is 14. The van der Waals surface area contributed by atoms with Crippen molar-refractivity contribution in [2.75, 3.05) is 59.8 Å². The smallest absolute Gasteiger partial charge is 0.335 e. The first-order chi connectivity index (χ1) is 27.7. The molecule has 2 aromatic carbocycles.